The monoisotopic (exact) mass is 494 g/mol. The van der Waals surface area contributed by atoms with Crippen LogP contribution in [0.25, 0.3) is 0 Å². The zero-order valence-corrected chi connectivity index (χ0v) is 18.5. The van der Waals surface area contributed by atoms with Crippen LogP contribution in [-0.2, 0) is 19.0 Å². The first-order chi connectivity index (χ1) is 11.8. The maximum Gasteiger partial charge on any atom is 0.191 e. The Bertz CT molecular complexity index is 747. The normalized spacial score (nSPS) is 11.8. The first-order valence-electron chi connectivity index (χ1n) is 8.14. The number of nitrogens with one attached hydrogen (secondary N) is 2. The molecule has 1 aromatic heterocycles. The summed E-state index contributed by atoms with van der Waals surface area (Å²) in [5.74, 6) is 1.12. The quantitative estimate of drug-likeness (QED) is 0.368. The Morgan fingerprint density at radius 3 is 2.65 bits per heavy atom. The summed E-state index contributed by atoms with van der Waals surface area (Å²) in [6.45, 7) is 7.84. The van der Waals surface area contributed by atoms with Crippen molar-refractivity contribution in [3.05, 3.63) is 46.8 Å². The summed E-state index contributed by atoms with van der Waals surface area (Å²) < 4.78 is 15.1. The highest BCUT2D eigenvalue weighted by molar-refractivity contribution is 14.0. The molecule has 0 aliphatic heterocycles. The summed E-state index contributed by atoms with van der Waals surface area (Å²) in [5.41, 5.74) is 0.582. The highest BCUT2D eigenvalue weighted by Crippen LogP contribution is 2.29. The Morgan fingerprint density at radius 2 is 2.08 bits per heavy atom. The molecular formula is C17H25ClFIN6. The standard InChI is InChI=1S/C17H24ClFN6.HI/c1-5-20-16(21-9-15-24-23-11-25(15)4)22-10-17(2,3)13-7-6-12(19)8-14(13)18;/h6-8,11H,5,9-10H2,1-4H3,(H2,20,21,22);1H. The van der Waals surface area contributed by atoms with Crippen LogP contribution < -0.4 is 10.6 Å². The van der Waals surface area contributed by atoms with Crippen LogP contribution in [0.2, 0.25) is 5.02 Å². The fourth-order valence-corrected chi connectivity index (χ4v) is 2.80. The van der Waals surface area contributed by atoms with Crippen LogP contribution in [0.1, 0.15) is 32.2 Å². The molecule has 26 heavy (non-hydrogen) atoms. The summed E-state index contributed by atoms with van der Waals surface area (Å²) in [7, 11) is 1.88. The van der Waals surface area contributed by atoms with Crippen LogP contribution in [-0.4, -0.2) is 33.8 Å². The lowest BCUT2D eigenvalue weighted by atomic mass is 9.84. The van der Waals surface area contributed by atoms with Crippen molar-refractivity contribution in [1.82, 2.24) is 25.4 Å². The number of halogens is 3. The summed E-state index contributed by atoms with van der Waals surface area (Å²) in [5, 5.41) is 14.8. The van der Waals surface area contributed by atoms with E-state index in [9.17, 15) is 4.39 Å². The molecule has 1 heterocycles. The minimum absolute atomic E-state index is 0. The van der Waals surface area contributed by atoms with Crippen LogP contribution in [0, 0.1) is 5.82 Å². The predicted octanol–water partition coefficient (Wildman–Crippen LogP) is 3.26. The van der Waals surface area contributed by atoms with Crippen molar-refractivity contribution in [1.29, 1.82) is 0 Å². The summed E-state index contributed by atoms with van der Waals surface area (Å²) in [6, 6.07) is 4.49. The van der Waals surface area contributed by atoms with Crippen molar-refractivity contribution < 1.29 is 4.39 Å². The van der Waals surface area contributed by atoms with Crippen LogP contribution >= 0.6 is 35.6 Å². The Kier molecular flexibility index (Phi) is 8.75. The Morgan fingerprint density at radius 1 is 1.35 bits per heavy atom. The highest BCUT2D eigenvalue weighted by Gasteiger charge is 2.24. The van der Waals surface area contributed by atoms with Crippen molar-refractivity contribution >= 4 is 41.5 Å². The number of guanidine groups is 1. The molecule has 0 unspecified atom stereocenters. The summed E-state index contributed by atoms with van der Waals surface area (Å²) in [4.78, 5) is 4.53. The second-order valence-corrected chi connectivity index (χ2v) is 6.82. The van der Waals surface area contributed by atoms with Gasteiger partial charge in [0.1, 0.15) is 18.7 Å². The SMILES string of the molecule is CCNC(=NCc1nncn1C)NCC(C)(C)c1ccc(F)cc1Cl.I. The Hall–Kier alpha value is -1.42. The van der Waals surface area contributed by atoms with E-state index in [1.54, 1.807) is 12.4 Å². The number of hydrogen-bond donors (Lipinski definition) is 2. The number of rotatable bonds is 6. The van der Waals surface area contributed by atoms with Crippen molar-refractivity contribution in [3.8, 4) is 0 Å². The molecule has 0 aliphatic rings. The fourth-order valence-electron chi connectivity index (χ4n) is 2.38. The van der Waals surface area contributed by atoms with Gasteiger partial charge in [0.05, 0.1) is 0 Å². The van der Waals surface area contributed by atoms with Gasteiger partial charge in [0.15, 0.2) is 11.8 Å². The van der Waals surface area contributed by atoms with E-state index < -0.39 is 0 Å². The van der Waals surface area contributed by atoms with E-state index in [4.69, 9.17) is 11.6 Å². The third-order valence-electron chi connectivity index (χ3n) is 3.89. The average Bonchev–Trinajstić information content (AvgIpc) is 2.95. The lowest BCUT2D eigenvalue weighted by Crippen LogP contribution is -2.43. The van der Waals surface area contributed by atoms with Crippen LogP contribution in [0.15, 0.2) is 29.5 Å². The van der Waals surface area contributed by atoms with Gasteiger partial charge >= 0.3 is 0 Å². The number of hydrogen-bond acceptors (Lipinski definition) is 3. The van der Waals surface area contributed by atoms with Gasteiger partial charge in [-0.1, -0.05) is 31.5 Å². The fraction of sp³-hybridized carbons (Fsp3) is 0.471. The molecule has 2 N–H and O–H groups in total. The van der Waals surface area contributed by atoms with E-state index in [1.165, 1.54) is 12.1 Å². The highest BCUT2D eigenvalue weighted by atomic mass is 127. The van der Waals surface area contributed by atoms with E-state index in [0.717, 1.165) is 17.9 Å². The second-order valence-electron chi connectivity index (χ2n) is 6.41. The lowest BCUT2D eigenvalue weighted by molar-refractivity contribution is 0.507. The van der Waals surface area contributed by atoms with Crippen molar-refractivity contribution in [2.75, 3.05) is 13.1 Å². The third-order valence-corrected chi connectivity index (χ3v) is 4.20. The molecule has 0 aliphatic carbocycles. The van der Waals surface area contributed by atoms with E-state index in [-0.39, 0.29) is 35.2 Å². The molecule has 0 amide bonds. The Labute approximate surface area is 175 Å². The summed E-state index contributed by atoms with van der Waals surface area (Å²) >= 11 is 6.21. The van der Waals surface area contributed by atoms with Crippen molar-refractivity contribution in [3.63, 3.8) is 0 Å². The van der Waals surface area contributed by atoms with Gasteiger partial charge in [0.2, 0.25) is 0 Å². The molecule has 1 aromatic carbocycles. The zero-order chi connectivity index (χ0) is 18.4. The molecule has 9 heteroatoms. The van der Waals surface area contributed by atoms with Gasteiger partial charge in [-0.05, 0) is 24.6 Å². The van der Waals surface area contributed by atoms with Crippen LogP contribution in [0.5, 0.6) is 0 Å². The molecule has 0 fully saturated rings. The molecule has 0 bridgehead atoms. The lowest BCUT2D eigenvalue weighted by Gasteiger charge is -2.27. The van der Waals surface area contributed by atoms with Gasteiger partial charge in [-0.3, -0.25) is 0 Å². The molecule has 0 saturated heterocycles. The van der Waals surface area contributed by atoms with Gasteiger partial charge in [0.25, 0.3) is 0 Å². The largest absolute Gasteiger partial charge is 0.357 e. The predicted molar refractivity (Wildman–Crippen MR) is 114 cm³/mol. The number of nitrogens with zero attached hydrogens (tertiary/aromatic N) is 4. The van der Waals surface area contributed by atoms with Gasteiger partial charge in [-0.15, -0.1) is 34.2 Å². The second kappa shape index (κ2) is 10.1. The molecule has 0 saturated carbocycles. The van der Waals surface area contributed by atoms with E-state index in [1.807, 2.05) is 32.4 Å². The first kappa shape index (κ1) is 22.6. The average molecular weight is 495 g/mol. The number of aryl methyl sites for hydroxylation is 1. The minimum Gasteiger partial charge on any atom is -0.357 e. The molecule has 0 atom stereocenters. The minimum atomic E-state index is -0.337. The number of aromatic nitrogens is 3. The first-order valence-corrected chi connectivity index (χ1v) is 8.52. The van der Waals surface area contributed by atoms with Crippen LogP contribution in [0.3, 0.4) is 0 Å². The molecule has 0 radical (unpaired) electrons. The molecule has 2 rings (SSSR count). The molecule has 0 spiro atoms. The van der Waals surface area contributed by atoms with Gasteiger partial charge in [-0.25, -0.2) is 9.38 Å². The van der Waals surface area contributed by atoms with Crippen molar-refractivity contribution in [2.24, 2.45) is 12.0 Å². The Balaban J connectivity index is 0.00000338. The maximum atomic E-state index is 13.3. The van der Waals surface area contributed by atoms with E-state index >= 15 is 0 Å². The van der Waals surface area contributed by atoms with Gasteiger partial charge in [0, 0.05) is 30.6 Å². The van der Waals surface area contributed by atoms with Crippen LogP contribution in [0.4, 0.5) is 4.39 Å². The van der Waals surface area contributed by atoms with Gasteiger partial charge in [-0.2, -0.15) is 0 Å². The smallest absolute Gasteiger partial charge is 0.191 e. The molecule has 6 nitrogen and oxygen atoms in total. The zero-order valence-electron chi connectivity index (χ0n) is 15.4. The molecular weight excluding hydrogens is 470 g/mol. The number of benzene rings is 1. The topological polar surface area (TPSA) is 67.1 Å². The van der Waals surface area contributed by atoms with Gasteiger partial charge < -0.3 is 15.2 Å². The molecule has 144 valence electrons. The third kappa shape index (κ3) is 6.08. The van der Waals surface area contributed by atoms with E-state index in [0.29, 0.717) is 24.1 Å². The van der Waals surface area contributed by atoms with Crippen molar-refractivity contribution in [2.45, 2.75) is 32.7 Å². The molecule has 2 aromatic rings. The maximum absolute atomic E-state index is 13.3. The number of aliphatic imine (C=N–C) groups is 1. The summed E-state index contributed by atoms with van der Waals surface area (Å²) in [6.07, 6.45) is 1.64. The van der Waals surface area contributed by atoms with E-state index in [2.05, 4.69) is 25.8 Å².